The molecule has 2 unspecified atom stereocenters. The molecule has 0 aliphatic carbocycles. The Kier molecular flexibility index (Phi) is 4.50. The van der Waals surface area contributed by atoms with E-state index in [1.807, 2.05) is 48.7 Å². The smallest absolute Gasteiger partial charge is 0.142 e. The van der Waals surface area contributed by atoms with Gasteiger partial charge in [0.2, 0.25) is 0 Å². The fourth-order valence-corrected chi connectivity index (χ4v) is 3.54. The van der Waals surface area contributed by atoms with Crippen molar-refractivity contribution in [2.75, 3.05) is 19.4 Å². The molecular formula is C20H20N6O. The van der Waals surface area contributed by atoms with E-state index in [2.05, 4.69) is 26.9 Å². The first-order valence-electron chi connectivity index (χ1n) is 8.68. The molecule has 7 heteroatoms. The van der Waals surface area contributed by atoms with Crippen LogP contribution in [0.15, 0.2) is 48.7 Å². The molecule has 2 atom stereocenters. The highest BCUT2D eigenvalue weighted by atomic mass is 16.5. The molecule has 4 rings (SSSR count). The number of hydrogen-bond donors (Lipinski definition) is 4. The molecule has 2 aromatic heterocycles. The van der Waals surface area contributed by atoms with Crippen molar-refractivity contribution >= 4 is 5.82 Å². The number of methoxy groups -OCH3 is 1. The molecule has 3 aromatic rings. The van der Waals surface area contributed by atoms with E-state index in [4.69, 9.17) is 10.5 Å². The van der Waals surface area contributed by atoms with Crippen LogP contribution >= 0.6 is 0 Å². The quantitative estimate of drug-likeness (QED) is 0.569. The molecular weight excluding hydrogens is 340 g/mol. The maximum atomic E-state index is 9.67. The van der Waals surface area contributed by atoms with Crippen molar-refractivity contribution in [1.82, 2.24) is 20.8 Å². The van der Waals surface area contributed by atoms with Gasteiger partial charge in [-0.25, -0.2) is 10.4 Å². The fourth-order valence-electron chi connectivity index (χ4n) is 3.54. The Balaban J connectivity index is 1.77. The standard InChI is InChI=1S/C20H20N6O/c1-27-13-6-4-12(5-7-13)19-16(11-24-26-19)14-9-18(17-3-2-8-23-17)25-20(22)15(14)10-21/h2-9,16,19,23-24,26H,11H2,1H3,(H2,22,25). The third kappa shape index (κ3) is 3.12. The van der Waals surface area contributed by atoms with Crippen molar-refractivity contribution in [3.05, 3.63) is 65.4 Å². The van der Waals surface area contributed by atoms with Crippen LogP contribution in [0, 0.1) is 11.3 Å². The minimum atomic E-state index is 0.00120. The lowest BCUT2D eigenvalue weighted by Crippen LogP contribution is -2.24. The van der Waals surface area contributed by atoms with Gasteiger partial charge in [-0.3, -0.25) is 5.43 Å². The fraction of sp³-hybridized carbons (Fsp3) is 0.200. The normalized spacial score (nSPS) is 19.0. The maximum absolute atomic E-state index is 9.67. The van der Waals surface area contributed by atoms with Gasteiger partial charge in [-0.2, -0.15) is 5.26 Å². The highest BCUT2D eigenvalue weighted by molar-refractivity contribution is 5.65. The van der Waals surface area contributed by atoms with E-state index in [1.165, 1.54) is 0 Å². The second kappa shape index (κ2) is 7.11. The molecule has 1 aliphatic heterocycles. The van der Waals surface area contributed by atoms with Crippen LogP contribution in [0.5, 0.6) is 5.75 Å². The summed E-state index contributed by atoms with van der Waals surface area (Å²) in [6.45, 7) is 0.680. The summed E-state index contributed by atoms with van der Waals surface area (Å²) >= 11 is 0. The molecule has 0 amide bonds. The number of benzene rings is 1. The SMILES string of the molecule is COc1ccc(C2NNCC2c2cc(-c3ccc[nH]3)nc(N)c2C#N)cc1. The Morgan fingerprint density at radius 3 is 2.74 bits per heavy atom. The van der Waals surface area contributed by atoms with E-state index < -0.39 is 0 Å². The van der Waals surface area contributed by atoms with E-state index in [1.54, 1.807) is 7.11 Å². The van der Waals surface area contributed by atoms with Crippen LogP contribution in [0.25, 0.3) is 11.4 Å². The van der Waals surface area contributed by atoms with Gasteiger partial charge >= 0.3 is 0 Å². The minimum Gasteiger partial charge on any atom is -0.497 e. The number of H-pyrrole nitrogens is 1. The zero-order chi connectivity index (χ0) is 18.8. The average molecular weight is 360 g/mol. The van der Waals surface area contributed by atoms with E-state index in [-0.39, 0.29) is 17.8 Å². The lowest BCUT2D eigenvalue weighted by Gasteiger charge is -2.21. The summed E-state index contributed by atoms with van der Waals surface area (Å²) in [4.78, 5) is 7.55. The second-order valence-electron chi connectivity index (χ2n) is 6.44. The number of ether oxygens (including phenoxy) is 1. The Hall–Kier alpha value is -3.34. The minimum absolute atomic E-state index is 0.00120. The first-order chi connectivity index (χ1) is 13.2. The van der Waals surface area contributed by atoms with E-state index in [9.17, 15) is 5.26 Å². The van der Waals surface area contributed by atoms with Gasteiger partial charge < -0.3 is 15.5 Å². The van der Waals surface area contributed by atoms with Crippen molar-refractivity contribution < 1.29 is 4.74 Å². The average Bonchev–Trinajstić information content (AvgIpc) is 3.39. The Morgan fingerprint density at radius 2 is 2.07 bits per heavy atom. The number of anilines is 1. The molecule has 136 valence electrons. The van der Waals surface area contributed by atoms with Crippen LogP contribution in [0.1, 0.15) is 28.7 Å². The van der Waals surface area contributed by atoms with Gasteiger partial charge in [0, 0.05) is 18.7 Å². The van der Waals surface area contributed by atoms with Gasteiger partial charge in [-0.1, -0.05) is 12.1 Å². The predicted octanol–water partition coefficient (Wildman–Crippen LogP) is 2.47. The number of hydrazine groups is 1. The first kappa shape index (κ1) is 17.1. The van der Waals surface area contributed by atoms with Crippen molar-refractivity contribution in [3.8, 4) is 23.2 Å². The number of rotatable bonds is 4. The summed E-state index contributed by atoms with van der Waals surface area (Å²) in [5, 5.41) is 9.67. The number of nitrogens with zero attached hydrogens (tertiary/aromatic N) is 2. The van der Waals surface area contributed by atoms with Crippen molar-refractivity contribution in [1.29, 1.82) is 5.26 Å². The summed E-state index contributed by atoms with van der Waals surface area (Å²) in [6.07, 6.45) is 1.84. The van der Waals surface area contributed by atoms with Crippen LogP contribution in [0.3, 0.4) is 0 Å². The number of pyridine rings is 1. The number of nitrogens with two attached hydrogens (primary N) is 1. The van der Waals surface area contributed by atoms with Gasteiger partial charge in [-0.05, 0) is 41.5 Å². The predicted molar refractivity (Wildman–Crippen MR) is 103 cm³/mol. The molecule has 0 bridgehead atoms. The molecule has 1 aliphatic rings. The summed E-state index contributed by atoms with van der Waals surface area (Å²) in [6, 6.07) is 15.9. The number of aromatic amines is 1. The third-order valence-electron chi connectivity index (χ3n) is 4.92. The molecule has 0 spiro atoms. The summed E-state index contributed by atoms with van der Waals surface area (Å²) < 4.78 is 5.25. The molecule has 1 saturated heterocycles. The van der Waals surface area contributed by atoms with E-state index >= 15 is 0 Å². The van der Waals surface area contributed by atoms with Crippen LogP contribution in [0.2, 0.25) is 0 Å². The van der Waals surface area contributed by atoms with E-state index in [0.29, 0.717) is 12.1 Å². The number of nitrogens with one attached hydrogen (secondary N) is 3. The second-order valence-corrected chi connectivity index (χ2v) is 6.44. The zero-order valence-electron chi connectivity index (χ0n) is 14.9. The van der Waals surface area contributed by atoms with Gasteiger partial charge in [0.05, 0.1) is 30.1 Å². The van der Waals surface area contributed by atoms with Gasteiger partial charge in [-0.15, -0.1) is 0 Å². The Labute approximate surface area is 157 Å². The molecule has 0 radical (unpaired) electrons. The van der Waals surface area contributed by atoms with Gasteiger partial charge in [0.1, 0.15) is 17.6 Å². The van der Waals surface area contributed by atoms with Gasteiger partial charge in [0.15, 0.2) is 0 Å². The lowest BCUT2D eigenvalue weighted by molar-refractivity contribution is 0.414. The first-order valence-corrected chi connectivity index (χ1v) is 8.68. The molecule has 1 fully saturated rings. The molecule has 3 heterocycles. The number of nitriles is 1. The number of nitrogen functional groups attached to an aromatic ring is 1. The summed E-state index contributed by atoms with van der Waals surface area (Å²) in [7, 11) is 1.65. The van der Waals surface area contributed by atoms with Crippen molar-refractivity contribution in [2.24, 2.45) is 0 Å². The molecule has 0 saturated carbocycles. The summed E-state index contributed by atoms with van der Waals surface area (Å²) in [5.74, 6) is 1.09. The zero-order valence-corrected chi connectivity index (χ0v) is 14.9. The number of aromatic nitrogens is 2. The van der Waals surface area contributed by atoms with Crippen molar-refractivity contribution in [3.63, 3.8) is 0 Å². The number of hydrogen-bond acceptors (Lipinski definition) is 6. The van der Waals surface area contributed by atoms with Crippen LogP contribution in [0.4, 0.5) is 5.82 Å². The molecule has 1 aromatic carbocycles. The Morgan fingerprint density at radius 1 is 1.26 bits per heavy atom. The van der Waals surface area contributed by atoms with Crippen LogP contribution in [-0.2, 0) is 0 Å². The van der Waals surface area contributed by atoms with E-state index in [0.717, 1.165) is 28.3 Å². The monoisotopic (exact) mass is 360 g/mol. The van der Waals surface area contributed by atoms with Gasteiger partial charge in [0.25, 0.3) is 0 Å². The highest BCUT2D eigenvalue weighted by Crippen LogP contribution is 2.38. The molecule has 5 N–H and O–H groups in total. The topological polar surface area (TPSA) is 112 Å². The largest absolute Gasteiger partial charge is 0.497 e. The molecule has 27 heavy (non-hydrogen) atoms. The molecule has 7 nitrogen and oxygen atoms in total. The van der Waals surface area contributed by atoms with Crippen LogP contribution in [-0.4, -0.2) is 23.6 Å². The van der Waals surface area contributed by atoms with Crippen LogP contribution < -0.4 is 21.3 Å². The summed E-state index contributed by atoms with van der Waals surface area (Å²) in [5.41, 5.74) is 16.7. The lowest BCUT2D eigenvalue weighted by atomic mass is 9.86. The Bertz CT molecular complexity index is 975. The maximum Gasteiger partial charge on any atom is 0.142 e. The van der Waals surface area contributed by atoms with Crippen molar-refractivity contribution in [2.45, 2.75) is 12.0 Å². The third-order valence-corrected chi connectivity index (χ3v) is 4.92. The highest BCUT2D eigenvalue weighted by Gasteiger charge is 2.32.